The van der Waals surface area contributed by atoms with Gasteiger partial charge in [0.2, 0.25) is 5.91 Å². The summed E-state index contributed by atoms with van der Waals surface area (Å²) in [7, 11) is 1.40. The van der Waals surface area contributed by atoms with E-state index in [1.54, 1.807) is 6.92 Å². The molecule has 0 fully saturated rings. The van der Waals surface area contributed by atoms with E-state index < -0.39 is 30.1 Å². The Bertz CT molecular complexity index is 947. The van der Waals surface area contributed by atoms with E-state index >= 15 is 0 Å². The molecular formula is C25H30N2O6. The van der Waals surface area contributed by atoms with Crippen molar-refractivity contribution in [3.05, 3.63) is 59.7 Å². The van der Waals surface area contributed by atoms with Crippen LogP contribution in [-0.2, 0) is 19.1 Å². The first kappa shape index (κ1) is 24.3. The third-order valence-corrected chi connectivity index (χ3v) is 5.86. The zero-order chi connectivity index (χ0) is 23.8. The molecule has 8 nitrogen and oxygen atoms in total. The highest BCUT2D eigenvalue weighted by Gasteiger charge is 2.29. The molecule has 0 saturated carbocycles. The Balaban J connectivity index is 1.48. The van der Waals surface area contributed by atoms with Gasteiger partial charge >= 0.3 is 12.1 Å². The summed E-state index contributed by atoms with van der Waals surface area (Å²) in [4.78, 5) is 35.5. The summed E-state index contributed by atoms with van der Waals surface area (Å²) < 4.78 is 10.7. The smallest absolute Gasteiger partial charge is 0.407 e. The second-order valence-corrected chi connectivity index (χ2v) is 7.98. The summed E-state index contributed by atoms with van der Waals surface area (Å²) in [6.07, 6.45) is -0.801. The largest absolute Gasteiger partial charge is 0.481 e. The standard InChI is InChI=1S/C25H30N2O6/c1-3-16(14-23(28)29)27-24(30)22(32-2)12-13-26-25(31)33-15-21-19-10-6-4-8-17(19)18-9-5-7-11-20(18)21/h4-11,16,21-22H,3,12-15H2,1-2H3,(H,26,31)(H,27,30)(H,28,29). The molecule has 0 aliphatic heterocycles. The molecular weight excluding hydrogens is 424 g/mol. The third kappa shape index (κ3) is 6.10. The van der Waals surface area contributed by atoms with Gasteiger partial charge in [0.1, 0.15) is 12.7 Å². The maximum Gasteiger partial charge on any atom is 0.407 e. The molecule has 2 unspecified atom stereocenters. The highest BCUT2D eigenvalue weighted by Crippen LogP contribution is 2.44. The molecule has 176 valence electrons. The number of carbonyl (C=O) groups is 3. The van der Waals surface area contributed by atoms with Crippen molar-refractivity contribution in [2.75, 3.05) is 20.3 Å². The van der Waals surface area contributed by atoms with E-state index in [1.165, 1.54) is 7.11 Å². The van der Waals surface area contributed by atoms with E-state index in [-0.39, 0.29) is 31.9 Å². The summed E-state index contributed by atoms with van der Waals surface area (Å²) >= 11 is 0. The fourth-order valence-electron chi connectivity index (χ4n) is 4.11. The minimum atomic E-state index is -0.979. The van der Waals surface area contributed by atoms with E-state index in [2.05, 4.69) is 34.9 Å². The van der Waals surface area contributed by atoms with Gasteiger partial charge in [-0.25, -0.2) is 4.79 Å². The molecule has 0 radical (unpaired) electrons. The van der Waals surface area contributed by atoms with Crippen molar-refractivity contribution in [3.8, 4) is 11.1 Å². The van der Waals surface area contributed by atoms with Gasteiger partial charge in [-0.15, -0.1) is 0 Å². The Morgan fingerprint density at radius 1 is 1.03 bits per heavy atom. The molecule has 1 aliphatic rings. The van der Waals surface area contributed by atoms with Crippen molar-refractivity contribution in [1.82, 2.24) is 10.6 Å². The first-order valence-electron chi connectivity index (χ1n) is 11.1. The molecule has 0 bridgehead atoms. The first-order chi connectivity index (χ1) is 15.9. The molecule has 3 N–H and O–H groups in total. The van der Waals surface area contributed by atoms with E-state index in [0.29, 0.717) is 6.42 Å². The molecule has 2 atom stereocenters. The zero-order valence-electron chi connectivity index (χ0n) is 18.9. The van der Waals surface area contributed by atoms with Gasteiger partial charge in [-0.1, -0.05) is 55.5 Å². The van der Waals surface area contributed by atoms with Crippen LogP contribution in [-0.4, -0.2) is 55.5 Å². The molecule has 2 amide bonds. The number of benzene rings is 2. The summed E-state index contributed by atoms with van der Waals surface area (Å²) in [5, 5.41) is 14.3. The van der Waals surface area contributed by atoms with Crippen molar-refractivity contribution in [2.45, 2.75) is 44.2 Å². The van der Waals surface area contributed by atoms with Gasteiger partial charge in [0, 0.05) is 32.0 Å². The number of carboxylic acid groups (broad SMARTS) is 1. The van der Waals surface area contributed by atoms with Gasteiger partial charge < -0.3 is 25.2 Å². The first-order valence-corrected chi connectivity index (χ1v) is 11.1. The monoisotopic (exact) mass is 454 g/mol. The van der Waals surface area contributed by atoms with Crippen LogP contribution < -0.4 is 10.6 Å². The molecule has 2 aromatic rings. The van der Waals surface area contributed by atoms with Gasteiger partial charge in [-0.3, -0.25) is 9.59 Å². The van der Waals surface area contributed by atoms with Crippen molar-refractivity contribution in [2.24, 2.45) is 0 Å². The average molecular weight is 455 g/mol. The highest BCUT2D eigenvalue weighted by atomic mass is 16.5. The van der Waals surface area contributed by atoms with Crippen LogP contribution in [0.3, 0.4) is 0 Å². The minimum absolute atomic E-state index is 0.0270. The highest BCUT2D eigenvalue weighted by molar-refractivity contribution is 5.82. The predicted octanol–water partition coefficient (Wildman–Crippen LogP) is 3.30. The number of nitrogens with one attached hydrogen (secondary N) is 2. The lowest BCUT2D eigenvalue weighted by Crippen LogP contribution is -2.44. The number of ether oxygens (including phenoxy) is 2. The molecule has 0 spiro atoms. The van der Waals surface area contributed by atoms with Gasteiger partial charge in [0.05, 0.1) is 6.42 Å². The van der Waals surface area contributed by atoms with Crippen LogP contribution in [0.1, 0.15) is 43.2 Å². The number of carbonyl (C=O) groups excluding carboxylic acids is 2. The molecule has 33 heavy (non-hydrogen) atoms. The van der Waals surface area contributed by atoms with Gasteiger partial charge in [0.15, 0.2) is 0 Å². The van der Waals surface area contributed by atoms with Crippen LogP contribution in [0.15, 0.2) is 48.5 Å². The average Bonchev–Trinajstić information content (AvgIpc) is 3.13. The Morgan fingerprint density at radius 3 is 2.18 bits per heavy atom. The number of fused-ring (bicyclic) bond motifs is 3. The van der Waals surface area contributed by atoms with Crippen LogP contribution in [0.25, 0.3) is 11.1 Å². The van der Waals surface area contributed by atoms with Gasteiger partial charge in [0.25, 0.3) is 0 Å². The number of rotatable bonds is 11. The fourth-order valence-corrected chi connectivity index (χ4v) is 4.11. The van der Waals surface area contributed by atoms with Crippen molar-refractivity contribution in [1.29, 1.82) is 0 Å². The van der Waals surface area contributed by atoms with E-state index in [4.69, 9.17) is 14.6 Å². The van der Waals surface area contributed by atoms with Crippen LogP contribution in [0.4, 0.5) is 4.79 Å². The number of methoxy groups -OCH3 is 1. The Hall–Kier alpha value is -3.39. The normalized spacial score (nSPS) is 14.0. The molecule has 2 aromatic carbocycles. The lowest BCUT2D eigenvalue weighted by molar-refractivity contribution is -0.138. The van der Waals surface area contributed by atoms with E-state index in [1.807, 2.05) is 24.3 Å². The predicted molar refractivity (Wildman–Crippen MR) is 123 cm³/mol. The lowest BCUT2D eigenvalue weighted by atomic mass is 9.98. The van der Waals surface area contributed by atoms with Crippen LogP contribution >= 0.6 is 0 Å². The lowest BCUT2D eigenvalue weighted by Gasteiger charge is -2.20. The fraction of sp³-hybridized carbons (Fsp3) is 0.400. The number of alkyl carbamates (subject to hydrolysis) is 1. The van der Waals surface area contributed by atoms with Gasteiger partial charge in [-0.2, -0.15) is 0 Å². The number of amides is 2. The van der Waals surface area contributed by atoms with Crippen LogP contribution in [0, 0.1) is 0 Å². The van der Waals surface area contributed by atoms with Crippen LogP contribution in [0.2, 0.25) is 0 Å². The van der Waals surface area contributed by atoms with E-state index in [0.717, 1.165) is 22.3 Å². The summed E-state index contributed by atoms with van der Waals surface area (Å²) in [6, 6.07) is 15.7. The number of hydrogen-bond acceptors (Lipinski definition) is 5. The van der Waals surface area contributed by atoms with E-state index in [9.17, 15) is 14.4 Å². The molecule has 3 rings (SSSR count). The zero-order valence-corrected chi connectivity index (χ0v) is 18.9. The van der Waals surface area contributed by atoms with Crippen molar-refractivity contribution >= 4 is 18.0 Å². The molecule has 1 aliphatic carbocycles. The molecule has 0 heterocycles. The summed E-state index contributed by atoms with van der Waals surface area (Å²) in [5.74, 6) is -1.41. The van der Waals surface area contributed by atoms with Crippen LogP contribution in [0.5, 0.6) is 0 Å². The summed E-state index contributed by atoms with van der Waals surface area (Å²) in [5.41, 5.74) is 4.58. The number of hydrogen-bond donors (Lipinski definition) is 3. The Labute approximate surface area is 193 Å². The SMILES string of the molecule is CCC(CC(=O)O)NC(=O)C(CCNC(=O)OCC1c2ccccc2-c2ccccc21)OC. The molecule has 8 heteroatoms. The summed E-state index contributed by atoms with van der Waals surface area (Å²) in [6.45, 7) is 2.19. The second kappa shape index (κ2) is 11.5. The maximum absolute atomic E-state index is 12.4. The second-order valence-electron chi connectivity index (χ2n) is 7.98. The maximum atomic E-state index is 12.4. The number of carboxylic acids is 1. The molecule has 0 saturated heterocycles. The molecule has 0 aromatic heterocycles. The topological polar surface area (TPSA) is 114 Å². The minimum Gasteiger partial charge on any atom is -0.481 e. The quantitative estimate of drug-likeness (QED) is 0.480. The third-order valence-electron chi connectivity index (χ3n) is 5.86. The van der Waals surface area contributed by atoms with Crippen molar-refractivity contribution < 1.29 is 29.0 Å². The van der Waals surface area contributed by atoms with Crippen molar-refractivity contribution in [3.63, 3.8) is 0 Å². The Morgan fingerprint density at radius 2 is 1.64 bits per heavy atom. The Kier molecular flexibility index (Phi) is 8.43. The number of aliphatic carboxylic acids is 1. The van der Waals surface area contributed by atoms with Gasteiger partial charge in [-0.05, 0) is 28.7 Å².